The van der Waals surface area contributed by atoms with Gasteiger partial charge in [0.1, 0.15) is 0 Å². The molecular weight excluding hydrogens is 124 g/mol. The Balaban J connectivity index is 1.85. The highest BCUT2D eigenvalue weighted by molar-refractivity contribution is 4.89. The highest BCUT2D eigenvalue weighted by Gasteiger charge is 2.39. The van der Waals surface area contributed by atoms with Crippen molar-refractivity contribution < 1.29 is 4.74 Å². The lowest BCUT2D eigenvalue weighted by Gasteiger charge is -2.14. The SMILES string of the molecule is CC1CCCOC2CC2C1. The summed E-state index contributed by atoms with van der Waals surface area (Å²) in [6.45, 7) is 3.40. The molecule has 1 aliphatic carbocycles. The third-order valence-corrected chi connectivity index (χ3v) is 2.74. The van der Waals surface area contributed by atoms with Gasteiger partial charge in [-0.3, -0.25) is 0 Å². The van der Waals surface area contributed by atoms with Crippen LogP contribution in [0.15, 0.2) is 0 Å². The van der Waals surface area contributed by atoms with E-state index in [1.807, 2.05) is 0 Å². The summed E-state index contributed by atoms with van der Waals surface area (Å²) >= 11 is 0. The molecule has 0 spiro atoms. The summed E-state index contributed by atoms with van der Waals surface area (Å²) in [4.78, 5) is 0. The van der Waals surface area contributed by atoms with Crippen LogP contribution < -0.4 is 0 Å². The Morgan fingerprint density at radius 1 is 1.30 bits per heavy atom. The Morgan fingerprint density at radius 3 is 3.10 bits per heavy atom. The van der Waals surface area contributed by atoms with Gasteiger partial charge in [0, 0.05) is 6.61 Å². The molecule has 0 radical (unpaired) electrons. The van der Waals surface area contributed by atoms with Crippen LogP contribution in [0.2, 0.25) is 0 Å². The molecule has 0 bridgehead atoms. The van der Waals surface area contributed by atoms with Crippen LogP contribution in [0.5, 0.6) is 0 Å². The minimum absolute atomic E-state index is 0.669. The van der Waals surface area contributed by atoms with E-state index in [4.69, 9.17) is 4.74 Å². The van der Waals surface area contributed by atoms with Gasteiger partial charge in [0.25, 0.3) is 0 Å². The van der Waals surface area contributed by atoms with Crippen LogP contribution in [0.4, 0.5) is 0 Å². The molecule has 0 aromatic heterocycles. The molecular formula is C9H16O. The zero-order chi connectivity index (χ0) is 6.97. The molecule has 1 aliphatic heterocycles. The second-order valence-corrected chi connectivity index (χ2v) is 3.89. The van der Waals surface area contributed by atoms with Gasteiger partial charge in [0.15, 0.2) is 0 Å². The monoisotopic (exact) mass is 140 g/mol. The van der Waals surface area contributed by atoms with Crippen molar-refractivity contribution in [3.63, 3.8) is 0 Å². The summed E-state index contributed by atoms with van der Waals surface area (Å²) in [6, 6.07) is 0. The smallest absolute Gasteiger partial charge is 0.0607 e. The molecule has 0 N–H and O–H groups in total. The summed E-state index contributed by atoms with van der Waals surface area (Å²) < 4.78 is 5.61. The number of rotatable bonds is 0. The van der Waals surface area contributed by atoms with Gasteiger partial charge in [-0.25, -0.2) is 0 Å². The predicted octanol–water partition coefficient (Wildman–Crippen LogP) is 2.21. The summed E-state index contributed by atoms with van der Waals surface area (Å²) in [6.07, 6.45) is 6.10. The lowest BCUT2D eigenvalue weighted by Crippen LogP contribution is -2.08. The van der Waals surface area contributed by atoms with E-state index >= 15 is 0 Å². The highest BCUT2D eigenvalue weighted by Crippen LogP contribution is 2.41. The average Bonchev–Trinajstić information content (AvgIpc) is 2.54. The maximum absolute atomic E-state index is 5.61. The van der Waals surface area contributed by atoms with E-state index in [0.717, 1.165) is 18.4 Å². The molecule has 1 saturated carbocycles. The van der Waals surface area contributed by atoms with Gasteiger partial charge in [-0.2, -0.15) is 0 Å². The maximum atomic E-state index is 5.61. The fourth-order valence-corrected chi connectivity index (χ4v) is 1.97. The molecule has 2 aliphatic rings. The average molecular weight is 140 g/mol. The lowest BCUT2D eigenvalue weighted by atomic mass is 9.98. The van der Waals surface area contributed by atoms with Crippen LogP contribution >= 0.6 is 0 Å². The first-order chi connectivity index (χ1) is 4.86. The van der Waals surface area contributed by atoms with Gasteiger partial charge in [0.05, 0.1) is 6.10 Å². The molecule has 1 nitrogen and oxygen atoms in total. The Kier molecular flexibility index (Phi) is 1.69. The molecule has 3 unspecified atom stereocenters. The van der Waals surface area contributed by atoms with Crippen LogP contribution in [0.3, 0.4) is 0 Å². The van der Waals surface area contributed by atoms with Gasteiger partial charge in [-0.1, -0.05) is 6.92 Å². The third-order valence-electron chi connectivity index (χ3n) is 2.74. The minimum atomic E-state index is 0.669. The van der Waals surface area contributed by atoms with E-state index in [1.165, 1.54) is 25.7 Å². The van der Waals surface area contributed by atoms with Crippen molar-refractivity contribution in [1.82, 2.24) is 0 Å². The predicted molar refractivity (Wildman–Crippen MR) is 40.9 cm³/mol. The van der Waals surface area contributed by atoms with Crippen molar-refractivity contribution in [1.29, 1.82) is 0 Å². The summed E-state index contributed by atoms with van der Waals surface area (Å²) in [5.74, 6) is 1.90. The van der Waals surface area contributed by atoms with Crippen molar-refractivity contribution in [2.24, 2.45) is 11.8 Å². The molecule has 1 saturated heterocycles. The quantitative estimate of drug-likeness (QED) is 0.501. The van der Waals surface area contributed by atoms with Gasteiger partial charge in [-0.05, 0) is 37.5 Å². The summed E-state index contributed by atoms with van der Waals surface area (Å²) in [5, 5.41) is 0. The van der Waals surface area contributed by atoms with Crippen LogP contribution in [-0.4, -0.2) is 12.7 Å². The van der Waals surface area contributed by atoms with Crippen LogP contribution in [0.1, 0.15) is 32.6 Å². The fraction of sp³-hybridized carbons (Fsp3) is 1.00. The third kappa shape index (κ3) is 1.34. The first kappa shape index (κ1) is 6.66. The van der Waals surface area contributed by atoms with E-state index < -0.39 is 0 Å². The van der Waals surface area contributed by atoms with Crippen molar-refractivity contribution in [2.75, 3.05) is 6.61 Å². The highest BCUT2D eigenvalue weighted by atomic mass is 16.5. The summed E-state index contributed by atoms with van der Waals surface area (Å²) in [7, 11) is 0. The van der Waals surface area contributed by atoms with Crippen LogP contribution in [0, 0.1) is 11.8 Å². The topological polar surface area (TPSA) is 9.23 Å². The molecule has 0 aromatic carbocycles. The Labute approximate surface area is 62.8 Å². The molecule has 1 heterocycles. The first-order valence-corrected chi connectivity index (χ1v) is 4.48. The second-order valence-electron chi connectivity index (χ2n) is 3.89. The number of ether oxygens (including phenoxy) is 1. The van der Waals surface area contributed by atoms with E-state index in [9.17, 15) is 0 Å². The molecule has 2 fully saturated rings. The molecule has 58 valence electrons. The van der Waals surface area contributed by atoms with E-state index in [0.29, 0.717) is 6.10 Å². The Hall–Kier alpha value is -0.0400. The number of hydrogen-bond acceptors (Lipinski definition) is 1. The number of hydrogen-bond donors (Lipinski definition) is 0. The standard InChI is InChI=1S/C9H16O/c1-7-3-2-4-10-9-6-8(9)5-7/h7-9H,2-6H2,1H3. The molecule has 1 heteroatoms. The van der Waals surface area contributed by atoms with E-state index in [1.54, 1.807) is 0 Å². The second kappa shape index (κ2) is 2.54. The van der Waals surface area contributed by atoms with Gasteiger partial charge < -0.3 is 4.74 Å². The van der Waals surface area contributed by atoms with E-state index in [-0.39, 0.29) is 0 Å². The molecule has 2 rings (SSSR count). The van der Waals surface area contributed by atoms with Gasteiger partial charge in [0.2, 0.25) is 0 Å². The maximum Gasteiger partial charge on any atom is 0.0607 e. The Bertz CT molecular complexity index is 122. The van der Waals surface area contributed by atoms with Gasteiger partial charge >= 0.3 is 0 Å². The van der Waals surface area contributed by atoms with Crippen LogP contribution in [0.25, 0.3) is 0 Å². The Morgan fingerprint density at radius 2 is 2.20 bits per heavy atom. The fourth-order valence-electron chi connectivity index (χ4n) is 1.97. The van der Waals surface area contributed by atoms with Crippen molar-refractivity contribution in [3.8, 4) is 0 Å². The zero-order valence-corrected chi connectivity index (χ0v) is 6.68. The first-order valence-electron chi connectivity index (χ1n) is 4.48. The van der Waals surface area contributed by atoms with Crippen LogP contribution in [-0.2, 0) is 4.74 Å². The molecule has 10 heavy (non-hydrogen) atoms. The normalized spacial score (nSPS) is 47.1. The molecule has 3 atom stereocenters. The van der Waals surface area contributed by atoms with Crippen molar-refractivity contribution >= 4 is 0 Å². The van der Waals surface area contributed by atoms with Gasteiger partial charge in [-0.15, -0.1) is 0 Å². The number of fused-ring (bicyclic) bond motifs is 1. The van der Waals surface area contributed by atoms with E-state index in [2.05, 4.69) is 6.92 Å². The van der Waals surface area contributed by atoms with Crippen molar-refractivity contribution in [3.05, 3.63) is 0 Å². The zero-order valence-electron chi connectivity index (χ0n) is 6.68. The minimum Gasteiger partial charge on any atom is -0.378 e. The van der Waals surface area contributed by atoms with Crippen molar-refractivity contribution in [2.45, 2.75) is 38.7 Å². The lowest BCUT2D eigenvalue weighted by molar-refractivity contribution is 0.0890. The molecule has 0 aromatic rings. The summed E-state index contributed by atoms with van der Waals surface area (Å²) in [5.41, 5.74) is 0. The molecule has 0 amide bonds. The largest absolute Gasteiger partial charge is 0.378 e.